The minimum absolute atomic E-state index is 0.142. The molecule has 0 aliphatic rings. The summed E-state index contributed by atoms with van der Waals surface area (Å²) in [5.74, 6) is 0. The molecule has 0 aliphatic carbocycles. The Labute approximate surface area is 43.0 Å². The zero-order chi connectivity index (χ0) is 4.12. The summed E-state index contributed by atoms with van der Waals surface area (Å²) in [4.78, 5) is 0. The summed E-state index contributed by atoms with van der Waals surface area (Å²) in [6.07, 6.45) is 0. The first-order valence-electron chi connectivity index (χ1n) is 1.51. The van der Waals surface area contributed by atoms with E-state index < -0.39 is 0 Å². The summed E-state index contributed by atoms with van der Waals surface area (Å²) in [5.41, 5.74) is 0. The van der Waals surface area contributed by atoms with E-state index in [9.17, 15) is 0 Å². The van der Waals surface area contributed by atoms with Crippen LogP contribution in [-0.2, 0) is 4.12 Å². The Morgan fingerprint density at radius 2 is 2.60 bits per heavy atom. The van der Waals surface area contributed by atoms with E-state index in [4.69, 9.17) is 4.12 Å². The van der Waals surface area contributed by atoms with Gasteiger partial charge in [0.1, 0.15) is 10.5 Å². The molecule has 0 N–H and O–H groups in total. The van der Waals surface area contributed by atoms with E-state index in [1.807, 2.05) is 0 Å². The third-order valence-corrected chi connectivity index (χ3v) is 2.66. The molecule has 32 valence electrons. The van der Waals surface area contributed by atoms with Crippen molar-refractivity contribution in [2.75, 3.05) is 5.38 Å². The molecule has 0 fully saturated rings. The Morgan fingerprint density at radius 1 is 2.00 bits per heavy atom. The second-order valence-electron chi connectivity index (χ2n) is 0.716. The van der Waals surface area contributed by atoms with E-state index in [1.165, 1.54) is 0 Å². The lowest BCUT2D eigenvalue weighted by atomic mass is 11.9. The normalized spacial score (nSPS) is 11.4. The Hall–Kier alpha value is 0.744. The quantitative estimate of drug-likeness (QED) is 0.339. The monoisotopic (exact) mass is 124 g/mol. The van der Waals surface area contributed by atoms with Crippen molar-refractivity contribution in [1.82, 2.24) is 0 Å². The molecule has 5 heavy (non-hydrogen) atoms. The molecule has 0 unspecified atom stereocenters. The van der Waals surface area contributed by atoms with Crippen molar-refractivity contribution in [3.8, 4) is 0 Å². The summed E-state index contributed by atoms with van der Waals surface area (Å²) in [5, 5.41) is 0.990. The molecule has 0 atom stereocenters. The van der Waals surface area contributed by atoms with Crippen molar-refractivity contribution in [3.63, 3.8) is 0 Å². The van der Waals surface area contributed by atoms with E-state index in [0.717, 1.165) is 15.9 Å². The smallest absolute Gasteiger partial charge is 0.155 e. The van der Waals surface area contributed by atoms with E-state index in [1.54, 1.807) is 0 Å². The van der Waals surface area contributed by atoms with E-state index in [-0.39, 0.29) is 9.76 Å². The molecule has 0 saturated carbocycles. The molecule has 0 aliphatic heterocycles. The number of thiol groups is 1. The third kappa shape index (κ3) is 4.74. The van der Waals surface area contributed by atoms with Gasteiger partial charge in [-0.2, -0.15) is 12.6 Å². The summed E-state index contributed by atoms with van der Waals surface area (Å²) >= 11 is 3.96. The van der Waals surface area contributed by atoms with Gasteiger partial charge in [-0.1, -0.05) is 0 Å². The first-order chi connectivity index (χ1) is 2.41. The number of hydrogen-bond acceptors (Lipinski definition) is 2. The highest BCUT2D eigenvalue weighted by Crippen LogP contribution is 1.64. The SMILES string of the molecule is [SiH3]O[SiH2]CS. The van der Waals surface area contributed by atoms with Crippen molar-refractivity contribution in [1.29, 1.82) is 0 Å². The molecular weight excluding hydrogens is 116 g/mol. The highest BCUT2D eigenvalue weighted by atomic mass is 32.1. The van der Waals surface area contributed by atoms with Crippen LogP contribution in [0.3, 0.4) is 0 Å². The van der Waals surface area contributed by atoms with Gasteiger partial charge in [-0.05, 0) is 0 Å². The van der Waals surface area contributed by atoms with Crippen molar-refractivity contribution in [2.24, 2.45) is 0 Å². The van der Waals surface area contributed by atoms with E-state index in [0.29, 0.717) is 0 Å². The lowest BCUT2D eigenvalue weighted by molar-refractivity contribution is 0.670. The van der Waals surface area contributed by atoms with Crippen LogP contribution in [0.25, 0.3) is 0 Å². The van der Waals surface area contributed by atoms with E-state index >= 15 is 0 Å². The van der Waals surface area contributed by atoms with Gasteiger partial charge in [0, 0.05) is 5.38 Å². The van der Waals surface area contributed by atoms with Crippen LogP contribution in [0, 0.1) is 0 Å². The fraction of sp³-hybridized carbons (Fsp3) is 1.00. The van der Waals surface area contributed by atoms with Gasteiger partial charge in [0.15, 0.2) is 9.76 Å². The Kier molecular flexibility index (Phi) is 5.45. The Balaban J connectivity index is 2.19. The Bertz CT molecular complexity index is 17.1. The topological polar surface area (TPSA) is 9.23 Å². The molecule has 0 aromatic rings. The van der Waals surface area contributed by atoms with Crippen LogP contribution >= 0.6 is 12.6 Å². The first-order valence-corrected chi connectivity index (χ1v) is 4.54. The van der Waals surface area contributed by atoms with Crippen LogP contribution in [0.4, 0.5) is 0 Å². The molecule has 1 nitrogen and oxygen atoms in total. The van der Waals surface area contributed by atoms with Gasteiger partial charge in [-0.15, -0.1) is 0 Å². The Morgan fingerprint density at radius 3 is 2.60 bits per heavy atom. The molecule has 0 bridgehead atoms. The zero-order valence-corrected chi connectivity index (χ0v) is 7.58. The molecule has 0 saturated heterocycles. The fourth-order valence-corrected chi connectivity index (χ4v) is 2.46. The maximum absolute atomic E-state index is 4.89. The van der Waals surface area contributed by atoms with Gasteiger partial charge in [-0.25, -0.2) is 0 Å². The van der Waals surface area contributed by atoms with Crippen LogP contribution in [0.2, 0.25) is 0 Å². The highest BCUT2D eigenvalue weighted by Gasteiger charge is 1.69. The molecule has 0 aromatic heterocycles. The van der Waals surface area contributed by atoms with Crippen LogP contribution in [0.15, 0.2) is 0 Å². The molecule has 0 amide bonds. The van der Waals surface area contributed by atoms with E-state index in [2.05, 4.69) is 12.6 Å². The highest BCUT2D eigenvalue weighted by molar-refractivity contribution is 7.81. The fourth-order valence-electron chi connectivity index (χ4n) is 0.0913. The minimum atomic E-state index is -0.142. The van der Waals surface area contributed by atoms with Gasteiger partial charge in [0.2, 0.25) is 0 Å². The van der Waals surface area contributed by atoms with Gasteiger partial charge >= 0.3 is 0 Å². The molecule has 0 radical (unpaired) electrons. The third-order valence-electron chi connectivity index (χ3n) is 0.295. The molecule has 0 aromatic carbocycles. The largest absolute Gasteiger partial charge is 0.467 e. The standard InChI is InChI=1S/CH8OSSi2/c3-1-5-2-4/h3H,1,5H2,4H3. The zero-order valence-electron chi connectivity index (χ0n) is 3.27. The summed E-state index contributed by atoms with van der Waals surface area (Å²) < 4.78 is 4.89. The lowest BCUT2D eigenvalue weighted by Gasteiger charge is -1.83. The number of hydrogen-bond donors (Lipinski definition) is 1. The summed E-state index contributed by atoms with van der Waals surface area (Å²) in [6, 6.07) is 0. The van der Waals surface area contributed by atoms with Crippen molar-refractivity contribution in [2.45, 2.75) is 0 Å². The maximum Gasteiger partial charge on any atom is 0.155 e. The molecule has 0 spiro atoms. The van der Waals surface area contributed by atoms with Gasteiger partial charge in [0.25, 0.3) is 0 Å². The second kappa shape index (κ2) is 4.74. The predicted molar refractivity (Wildman–Crippen MR) is 33.4 cm³/mol. The van der Waals surface area contributed by atoms with Gasteiger partial charge in [-0.3, -0.25) is 0 Å². The average molecular weight is 124 g/mol. The molecule has 4 heteroatoms. The second-order valence-corrected chi connectivity index (χ2v) is 5.22. The maximum atomic E-state index is 4.89. The van der Waals surface area contributed by atoms with Crippen LogP contribution in [0.1, 0.15) is 0 Å². The summed E-state index contributed by atoms with van der Waals surface area (Å²) in [6.45, 7) is 0. The van der Waals surface area contributed by atoms with Crippen molar-refractivity contribution >= 4 is 32.9 Å². The summed E-state index contributed by atoms with van der Waals surface area (Å²) in [7, 11) is 0.770. The van der Waals surface area contributed by atoms with Crippen molar-refractivity contribution in [3.05, 3.63) is 0 Å². The predicted octanol–water partition coefficient (Wildman–Crippen LogP) is -1.75. The van der Waals surface area contributed by atoms with Crippen LogP contribution < -0.4 is 0 Å². The van der Waals surface area contributed by atoms with Crippen molar-refractivity contribution < 1.29 is 4.12 Å². The average Bonchev–Trinajstić information content (AvgIpc) is 1.41. The van der Waals surface area contributed by atoms with Gasteiger partial charge in [0.05, 0.1) is 0 Å². The lowest BCUT2D eigenvalue weighted by Crippen LogP contribution is -1.94. The molecule has 0 rings (SSSR count). The molecule has 0 heterocycles. The number of rotatable bonds is 2. The van der Waals surface area contributed by atoms with Gasteiger partial charge < -0.3 is 4.12 Å². The van der Waals surface area contributed by atoms with Crippen LogP contribution in [-0.4, -0.2) is 25.6 Å². The molecular formula is CH8OSSi2. The minimum Gasteiger partial charge on any atom is -0.467 e. The first kappa shape index (κ1) is 5.74. The van der Waals surface area contributed by atoms with Crippen LogP contribution in [0.5, 0.6) is 0 Å².